The summed E-state index contributed by atoms with van der Waals surface area (Å²) in [6, 6.07) is 0. The van der Waals surface area contributed by atoms with E-state index in [0.29, 0.717) is 0 Å². The maximum atomic E-state index is 2.36. The lowest BCUT2D eigenvalue weighted by atomic mass is 10.3. The molecule has 0 aliphatic carbocycles. The van der Waals surface area contributed by atoms with Crippen LogP contribution in [0, 0.1) is 0 Å². The Hall–Kier alpha value is -0.500. The van der Waals surface area contributed by atoms with Crippen LogP contribution in [0.1, 0.15) is 6.92 Å². The molecule has 0 spiro atoms. The fourth-order valence-corrected chi connectivity index (χ4v) is 1.18. The molecule has 0 N–H and O–H groups in total. The maximum Gasteiger partial charge on any atom is 0.0300 e. The molecule has 0 unspecified atom stereocenters. The third-order valence-corrected chi connectivity index (χ3v) is 1.90. The Labute approximate surface area is 63.1 Å². The van der Waals surface area contributed by atoms with Crippen molar-refractivity contribution in [1.82, 2.24) is 9.80 Å². The van der Waals surface area contributed by atoms with Crippen LogP contribution in [0.25, 0.3) is 0 Å². The number of nitrogens with zero attached hydrogens (tertiary/aromatic N) is 2. The van der Waals surface area contributed by atoms with Crippen molar-refractivity contribution in [2.75, 3.05) is 33.2 Å². The number of piperazine rings is 1. The van der Waals surface area contributed by atoms with E-state index >= 15 is 0 Å². The van der Waals surface area contributed by atoms with E-state index in [1.807, 2.05) is 0 Å². The first-order valence-corrected chi connectivity index (χ1v) is 3.88. The Morgan fingerprint density at radius 2 is 1.70 bits per heavy atom. The molecule has 2 nitrogen and oxygen atoms in total. The number of allylic oxidation sites excluding steroid dienone is 1. The van der Waals surface area contributed by atoms with Crippen LogP contribution in [0.15, 0.2) is 12.3 Å². The summed E-state index contributed by atoms with van der Waals surface area (Å²) >= 11 is 0. The molecule has 58 valence electrons. The summed E-state index contributed by atoms with van der Waals surface area (Å²) in [7, 11) is 2.17. The van der Waals surface area contributed by atoms with Crippen molar-refractivity contribution in [3.63, 3.8) is 0 Å². The molecule has 10 heavy (non-hydrogen) atoms. The Morgan fingerprint density at radius 1 is 1.10 bits per heavy atom. The monoisotopic (exact) mass is 140 g/mol. The predicted molar refractivity (Wildman–Crippen MR) is 43.9 cm³/mol. The fraction of sp³-hybridized carbons (Fsp3) is 0.750. The zero-order chi connectivity index (χ0) is 7.40. The third kappa shape index (κ3) is 2.03. The van der Waals surface area contributed by atoms with E-state index in [0.717, 1.165) is 0 Å². The van der Waals surface area contributed by atoms with Crippen molar-refractivity contribution < 1.29 is 0 Å². The van der Waals surface area contributed by atoms with Gasteiger partial charge in [0, 0.05) is 26.2 Å². The van der Waals surface area contributed by atoms with Gasteiger partial charge in [-0.3, -0.25) is 0 Å². The van der Waals surface area contributed by atoms with Crippen molar-refractivity contribution in [3.05, 3.63) is 12.3 Å². The van der Waals surface area contributed by atoms with Crippen LogP contribution in [0.5, 0.6) is 0 Å². The largest absolute Gasteiger partial charge is 0.375 e. The van der Waals surface area contributed by atoms with Gasteiger partial charge in [0.15, 0.2) is 0 Å². The lowest BCUT2D eigenvalue weighted by molar-refractivity contribution is 0.198. The molecule has 0 saturated carbocycles. The fourth-order valence-electron chi connectivity index (χ4n) is 1.18. The summed E-state index contributed by atoms with van der Waals surface area (Å²) in [6.07, 6.45) is 4.28. The summed E-state index contributed by atoms with van der Waals surface area (Å²) in [4.78, 5) is 4.72. The van der Waals surface area contributed by atoms with Crippen LogP contribution in [0.2, 0.25) is 0 Å². The quantitative estimate of drug-likeness (QED) is 0.531. The molecule has 0 aromatic heterocycles. The Morgan fingerprint density at radius 3 is 2.20 bits per heavy atom. The molecule has 1 rings (SSSR count). The van der Waals surface area contributed by atoms with E-state index in [4.69, 9.17) is 0 Å². The van der Waals surface area contributed by atoms with Gasteiger partial charge in [-0.15, -0.1) is 0 Å². The molecule has 1 heterocycles. The lowest BCUT2D eigenvalue weighted by Gasteiger charge is -2.31. The van der Waals surface area contributed by atoms with Crippen LogP contribution >= 0.6 is 0 Å². The molecular weight excluding hydrogens is 124 g/mol. The Kier molecular flexibility index (Phi) is 2.75. The molecule has 0 aromatic rings. The number of hydrogen-bond donors (Lipinski definition) is 0. The molecular formula is C8H16N2. The van der Waals surface area contributed by atoms with Gasteiger partial charge < -0.3 is 9.80 Å². The highest BCUT2D eigenvalue weighted by molar-refractivity contribution is 4.82. The molecule has 0 amide bonds. The molecule has 1 fully saturated rings. The molecule has 1 saturated heterocycles. The average molecular weight is 140 g/mol. The van der Waals surface area contributed by atoms with Gasteiger partial charge in [0.25, 0.3) is 0 Å². The molecule has 2 heteroatoms. The van der Waals surface area contributed by atoms with Gasteiger partial charge >= 0.3 is 0 Å². The second-order valence-corrected chi connectivity index (χ2v) is 2.82. The maximum absolute atomic E-state index is 2.36. The van der Waals surface area contributed by atoms with E-state index in [9.17, 15) is 0 Å². The zero-order valence-electron chi connectivity index (χ0n) is 6.88. The smallest absolute Gasteiger partial charge is 0.0300 e. The molecule has 0 bridgehead atoms. The van der Waals surface area contributed by atoms with Gasteiger partial charge in [-0.1, -0.05) is 6.08 Å². The van der Waals surface area contributed by atoms with Gasteiger partial charge in [0.2, 0.25) is 0 Å². The second-order valence-electron chi connectivity index (χ2n) is 2.82. The molecule has 0 aromatic carbocycles. The van der Waals surface area contributed by atoms with Crippen molar-refractivity contribution >= 4 is 0 Å². The highest BCUT2D eigenvalue weighted by Crippen LogP contribution is 1.98. The topological polar surface area (TPSA) is 6.48 Å². The van der Waals surface area contributed by atoms with E-state index < -0.39 is 0 Å². The normalized spacial score (nSPS) is 22.4. The summed E-state index contributed by atoms with van der Waals surface area (Å²) in [5.41, 5.74) is 0. The zero-order valence-corrected chi connectivity index (χ0v) is 6.88. The molecule has 0 radical (unpaired) electrons. The summed E-state index contributed by atoms with van der Waals surface area (Å²) in [5.74, 6) is 0. The predicted octanol–water partition coefficient (Wildman–Crippen LogP) is 0.767. The second kappa shape index (κ2) is 3.62. The van der Waals surface area contributed by atoms with Gasteiger partial charge in [-0.05, 0) is 20.2 Å². The van der Waals surface area contributed by atoms with Crippen LogP contribution in [-0.2, 0) is 0 Å². The van der Waals surface area contributed by atoms with E-state index in [2.05, 4.69) is 36.0 Å². The van der Waals surface area contributed by atoms with Gasteiger partial charge in [-0.2, -0.15) is 0 Å². The number of hydrogen-bond acceptors (Lipinski definition) is 2. The lowest BCUT2D eigenvalue weighted by Crippen LogP contribution is -2.41. The van der Waals surface area contributed by atoms with Crippen LogP contribution in [0.4, 0.5) is 0 Å². The Balaban J connectivity index is 2.26. The van der Waals surface area contributed by atoms with Gasteiger partial charge in [0.05, 0.1) is 0 Å². The summed E-state index contributed by atoms with van der Waals surface area (Å²) in [6.45, 7) is 6.83. The minimum absolute atomic E-state index is 1.18. The van der Waals surface area contributed by atoms with Crippen molar-refractivity contribution in [2.45, 2.75) is 6.92 Å². The first-order valence-electron chi connectivity index (χ1n) is 3.88. The highest BCUT2D eigenvalue weighted by atomic mass is 15.2. The SMILES string of the molecule is CC=CN1CCN(C)CC1. The van der Waals surface area contributed by atoms with Crippen LogP contribution in [0.3, 0.4) is 0 Å². The summed E-state index contributed by atoms with van der Waals surface area (Å²) in [5, 5.41) is 0. The minimum atomic E-state index is 1.18. The molecule has 0 atom stereocenters. The number of likely N-dealkylation sites (N-methyl/N-ethyl adjacent to an activating group) is 1. The average Bonchev–Trinajstić information content (AvgIpc) is 1.95. The standard InChI is InChI=1S/C8H16N2/c1-3-4-10-7-5-9(2)6-8-10/h3-4H,5-8H2,1-2H3. The van der Waals surface area contributed by atoms with Crippen LogP contribution in [-0.4, -0.2) is 43.0 Å². The molecule has 1 aliphatic rings. The highest BCUT2D eigenvalue weighted by Gasteiger charge is 2.08. The third-order valence-electron chi connectivity index (χ3n) is 1.90. The molecule has 1 aliphatic heterocycles. The minimum Gasteiger partial charge on any atom is -0.375 e. The Bertz CT molecular complexity index is 112. The van der Waals surface area contributed by atoms with Gasteiger partial charge in [0.1, 0.15) is 0 Å². The first kappa shape index (κ1) is 7.61. The van der Waals surface area contributed by atoms with Crippen LogP contribution < -0.4 is 0 Å². The number of rotatable bonds is 1. The first-order chi connectivity index (χ1) is 4.83. The van der Waals surface area contributed by atoms with Gasteiger partial charge in [-0.25, -0.2) is 0 Å². The van der Waals surface area contributed by atoms with Crippen molar-refractivity contribution in [2.24, 2.45) is 0 Å². The van der Waals surface area contributed by atoms with Crippen molar-refractivity contribution in [3.8, 4) is 0 Å². The van der Waals surface area contributed by atoms with E-state index in [-0.39, 0.29) is 0 Å². The van der Waals surface area contributed by atoms with E-state index in [1.54, 1.807) is 0 Å². The summed E-state index contributed by atoms with van der Waals surface area (Å²) < 4.78 is 0. The van der Waals surface area contributed by atoms with E-state index in [1.165, 1.54) is 26.2 Å². The van der Waals surface area contributed by atoms with Crippen molar-refractivity contribution in [1.29, 1.82) is 0 Å².